The molecule has 0 unspecified atom stereocenters. The van der Waals surface area contributed by atoms with Crippen LogP contribution in [0.15, 0.2) is 47.4 Å². The molecule has 2 aromatic carbocycles. The van der Waals surface area contributed by atoms with E-state index in [0.717, 1.165) is 24.8 Å². The van der Waals surface area contributed by atoms with Gasteiger partial charge in [0.25, 0.3) is 0 Å². The number of benzene rings is 2. The number of piperidine rings is 1. The van der Waals surface area contributed by atoms with Crippen LogP contribution in [0.5, 0.6) is 17.2 Å². The van der Waals surface area contributed by atoms with Gasteiger partial charge in [-0.25, -0.2) is 8.42 Å². The van der Waals surface area contributed by atoms with E-state index >= 15 is 0 Å². The molecule has 1 amide bonds. The zero-order chi connectivity index (χ0) is 23.8. The predicted octanol–water partition coefficient (Wildman–Crippen LogP) is 3.93. The molecule has 0 bridgehead atoms. The van der Waals surface area contributed by atoms with E-state index in [0.29, 0.717) is 42.6 Å². The van der Waals surface area contributed by atoms with Crippen LogP contribution < -0.4 is 19.5 Å². The first kappa shape index (κ1) is 24.6. The lowest BCUT2D eigenvalue weighted by Gasteiger charge is -2.26. The Labute approximate surface area is 195 Å². The normalized spacial score (nSPS) is 14.8. The summed E-state index contributed by atoms with van der Waals surface area (Å²) in [6.07, 6.45) is 5.72. The summed E-state index contributed by atoms with van der Waals surface area (Å²) < 4.78 is 43.7. The van der Waals surface area contributed by atoms with Gasteiger partial charge in [0.15, 0.2) is 11.5 Å². The first-order chi connectivity index (χ1) is 15.9. The van der Waals surface area contributed by atoms with Crippen molar-refractivity contribution in [1.29, 1.82) is 0 Å². The number of carbonyl (C=O) groups is 1. The lowest BCUT2D eigenvalue weighted by Crippen LogP contribution is -2.35. The number of amides is 1. The molecule has 1 N–H and O–H groups in total. The van der Waals surface area contributed by atoms with Crippen LogP contribution in [0.3, 0.4) is 0 Å². The highest BCUT2D eigenvalue weighted by molar-refractivity contribution is 7.89. The maximum absolute atomic E-state index is 13.1. The van der Waals surface area contributed by atoms with E-state index in [-0.39, 0.29) is 4.90 Å². The van der Waals surface area contributed by atoms with Crippen LogP contribution in [-0.4, -0.2) is 52.5 Å². The van der Waals surface area contributed by atoms with Gasteiger partial charge >= 0.3 is 0 Å². The van der Waals surface area contributed by atoms with Crippen molar-refractivity contribution in [2.24, 2.45) is 0 Å². The lowest BCUT2D eigenvalue weighted by atomic mass is 10.2. The number of ether oxygens (including phenoxy) is 3. The topological polar surface area (TPSA) is 94.2 Å². The van der Waals surface area contributed by atoms with Crippen LogP contribution in [0, 0.1) is 0 Å². The van der Waals surface area contributed by atoms with Crippen LogP contribution in [0.2, 0.25) is 0 Å². The lowest BCUT2D eigenvalue weighted by molar-refractivity contribution is -0.111. The monoisotopic (exact) mass is 474 g/mol. The minimum atomic E-state index is -3.64. The van der Waals surface area contributed by atoms with E-state index in [1.807, 2.05) is 6.92 Å². The summed E-state index contributed by atoms with van der Waals surface area (Å²) >= 11 is 0. The molecule has 0 spiro atoms. The minimum absolute atomic E-state index is 0.132. The van der Waals surface area contributed by atoms with Gasteiger partial charge in [0.2, 0.25) is 15.9 Å². The van der Waals surface area contributed by atoms with Gasteiger partial charge in [-0.15, -0.1) is 0 Å². The Morgan fingerprint density at radius 3 is 2.36 bits per heavy atom. The molecule has 3 rings (SSSR count). The van der Waals surface area contributed by atoms with Gasteiger partial charge < -0.3 is 19.5 Å². The molecule has 1 aliphatic rings. The van der Waals surface area contributed by atoms with Crippen molar-refractivity contribution in [2.45, 2.75) is 31.1 Å². The van der Waals surface area contributed by atoms with Gasteiger partial charge in [-0.05, 0) is 61.7 Å². The Morgan fingerprint density at radius 2 is 1.70 bits per heavy atom. The quantitative estimate of drug-likeness (QED) is 0.554. The second kappa shape index (κ2) is 11.2. The SMILES string of the molecule is CCOc1ccc(S(=O)(=O)N2CCCCC2)cc1NC(=O)/C=C/c1ccc(OC)c(OC)c1. The van der Waals surface area contributed by atoms with Gasteiger partial charge in [-0.1, -0.05) is 12.5 Å². The fourth-order valence-electron chi connectivity index (χ4n) is 3.61. The summed E-state index contributed by atoms with van der Waals surface area (Å²) in [4.78, 5) is 12.7. The highest BCUT2D eigenvalue weighted by atomic mass is 32.2. The zero-order valence-electron chi connectivity index (χ0n) is 19.2. The van der Waals surface area contributed by atoms with E-state index in [9.17, 15) is 13.2 Å². The molecule has 8 nitrogen and oxygen atoms in total. The highest BCUT2D eigenvalue weighted by Crippen LogP contribution is 2.31. The zero-order valence-corrected chi connectivity index (χ0v) is 20.0. The molecule has 0 aliphatic carbocycles. The van der Waals surface area contributed by atoms with Crippen molar-refractivity contribution in [3.63, 3.8) is 0 Å². The van der Waals surface area contributed by atoms with Crippen molar-refractivity contribution in [1.82, 2.24) is 4.31 Å². The highest BCUT2D eigenvalue weighted by Gasteiger charge is 2.27. The number of nitrogens with zero attached hydrogens (tertiary/aromatic N) is 1. The Kier molecular flexibility index (Phi) is 8.35. The second-order valence-corrected chi connectivity index (χ2v) is 9.43. The standard InChI is InChI=1S/C24H30N2O6S/c1-4-32-21-12-10-19(33(28,29)26-14-6-5-7-15-26)17-20(21)25-24(27)13-9-18-8-11-22(30-2)23(16-18)31-3/h8-13,16-17H,4-7,14-15H2,1-3H3,(H,25,27)/b13-9+. The molecule has 0 aromatic heterocycles. The van der Waals surface area contributed by atoms with Crippen molar-refractivity contribution in [3.05, 3.63) is 48.0 Å². The molecule has 33 heavy (non-hydrogen) atoms. The maximum Gasteiger partial charge on any atom is 0.248 e. The molecule has 0 radical (unpaired) electrons. The van der Waals surface area contributed by atoms with Crippen LogP contribution in [-0.2, 0) is 14.8 Å². The third-order valence-electron chi connectivity index (χ3n) is 5.30. The average Bonchev–Trinajstić information content (AvgIpc) is 2.84. The Morgan fingerprint density at radius 1 is 1.00 bits per heavy atom. The van der Waals surface area contributed by atoms with Gasteiger partial charge in [0.1, 0.15) is 5.75 Å². The number of hydrogen-bond acceptors (Lipinski definition) is 6. The second-order valence-electron chi connectivity index (χ2n) is 7.49. The first-order valence-electron chi connectivity index (χ1n) is 10.9. The van der Waals surface area contributed by atoms with Gasteiger partial charge in [-0.2, -0.15) is 4.31 Å². The molecular weight excluding hydrogens is 444 g/mol. The molecule has 2 aromatic rings. The number of hydrogen-bond donors (Lipinski definition) is 1. The molecule has 1 fully saturated rings. The maximum atomic E-state index is 13.1. The Bertz CT molecular complexity index is 1110. The summed E-state index contributed by atoms with van der Waals surface area (Å²) in [7, 11) is -0.547. The summed E-state index contributed by atoms with van der Waals surface area (Å²) in [5, 5.41) is 2.74. The summed E-state index contributed by atoms with van der Waals surface area (Å²) in [6, 6.07) is 9.84. The smallest absolute Gasteiger partial charge is 0.248 e. The van der Waals surface area contributed by atoms with Gasteiger partial charge in [-0.3, -0.25) is 4.79 Å². The molecule has 9 heteroatoms. The van der Waals surface area contributed by atoms with Crippen molar-refractivity contribution in [3.8, 4) is 17.2 Å². The molecule has 0 atom stereocenters. The molecule has 1 heterocycles. The number of rotatable bonds is 9. The van der Waals surface area contributed by atoms with Crippen LogP contribution in [0.4, 0.5) is 5.69 Å². The molecule has 178 valence electrons. The van der Waals surface area contributed by atoms with E-state index in [4.69, 9.17) is 14.2 Å². The predicted molar refractivity (Wildman–Crippen MR) is 127 cm³/mol. The van der Waals surface area contributed by atoms with E-state index in [1.54, 1.807) is 37.5 Å². The van der Waals surface area contributed by atoms with Gasteiger partial charge in [0, 0.05) is 19.2 Å². The molecule has 0 saturated carbocycles. The van der Waals surface area contributed by atoms with E-state index in [1.165, 1.54) is 29.6 Å². The van der Waals surface area contributed by atoms with Crippen molar-refractivity contribution >= 4 is 27.7 Å². The van der Waals surface area contributed by atoms with E-state index < -0.39 is 15.9 Å². The van der Waals surface area contributed by atoms with Crippen molar-refractivity contribution in [2.75, 3.05) is 39.2 Å². The fourth-order valence-corrected chi connectivity index (χ4v) is 5.15. The van der Waals surface area contributed by atoms with Crippen LogP contribution in [0.1, 0.15) is 31.7 Å². The first-order valence-corrected chi connectivity index (χ1v) is 12.3. The third kappa shape index (κ3) is 6.06. The van der Waals surface area contributed by atoms with Crippen molar-refractivity contribution < 1.29 is 27.4 Å². The van der Waals surface area contributed by atoms with Gasteiger partial charge in [0.05, 0.1) is 31.4 Å². The summed E-state index contributed by atoms with van der Waals surface area (Å²) in [5.41, 5.74) is 1.05. The summed E-state index contributed by atoms with van der Waals surface area (Å²) in [6.45, 7) is 3.21. The minimum Gasteiger partial charge on any atom is -0.493 e. The van der Waals surface area contributed by atoms with E-state index in [2.05, 4.69) is 5.32 Å². The molecular formula is C24H30N2O6S. The Balaban J connectivity index is 1.81. The number of methoxy groups -OCH3 is 2. The number of anilines is 1. The molecule has 1 saturated heterocycles. The van der Waals surface area contributed by atoms with Crippen LogP contribution in [0.25, 0.3) is 6.08 Å². The summed E-state index contributed by atoms with van der Waals surface area (Å²) in [5.74, 6) is 1.13. The molecule has 1 aliphatic heterocycles. The number of sulfonamides is 1. The Hall–Kier alpha value is -3.04. The average molecular weight is 475 g/mol. The number of carbonyl (C=O) groups excluding carboxylic acids is 1. The number of nitrogens with one attached hydrogen (secondary N) is 1. The largest absolute Gasteiger partial charge is 0.493 e. The third-order valence-corrected chi connectivity index (χ3v) is 7.19. The fraction of sp³-hybridized carbons (Fsp3) is 0.375. The van der Waals surface area contributed by atoms with Crippen LogP contribution >= 0.6 is 0 Å².